The predicted molar refractivity (Wildman–Crippen MR) is 112 cm³/mol. The molecule has 0 radical (unpaired) electrons. The van der Waals surface area contributed by atoms with Crippen molar-refractivity contribution in [1.82, 2.24) is 4.98 Å². The molecule has 2 aromatic carbocycles. The summed E-state index contributed by atoms with van der Waals surface area (Å²) in [5, 5.41) is 11.0. The van der Waals surface area contributed by atoms with E-state index in [1.165, 1.54) is 12.1 Å². The third kappa shape index (κ3) is 3.96. The minimum absolute atomic E-state index is 0.0102. The van der Waals surface area contributed by atoms with Crippen LogP contribution in [0.25, 0.3) is 11.1 Å². The van der Waals surface area contributed by atoms with Gasteiger partial charge in [-0.2, -0.15) is 0 Å². The van der Waals surface area contributed by atoms with Crippen LogP contribution < -0.4 is 0 Å². The summed E-state index contributed by atoms with van der Waals surface area (Å²) in [5.41, 5.74) is 6.70. The number of carbonyl (C=O) groups excluding carboxylic acids is 1. The lowest BCUT2D eigenvalue weighted by Gasteiger charge is -2.09. The van der Waals surface area contributed by atoms with Gasteiger partial charge in [0, 0.05) is 36.4 Å². The number of rotatable bonds is 3. The zero-order chi connectivity index (χ0) is 20.5. The van der Waals surface area contributed by atoms with Crippen molar-refractivity contribution < 1.29 is 9.72 Å². The Bertz CT molecular complexity index is 1160. The van der Waals surface area contributed by atoms with Crippen LogP contribution in [0.1, 0.15) is 28.9 Å². The van der Waals surface area contributed by atoms with Crippen LogP contribution in [0.15, 0.2) is 59.6 Å². The zero-order valence-corrected chi connectivity index (χ0v) is 16.2. The lowest BCUT2D eigenvalue weighted by Crippen LogP contribution is -2.09. The Hall–Kier alpha value is -3.67. The monoisotopic (exact) mass is 385 g/mol. The van der Waals surface area contributed by atoms with E-state index in [0.717, 1.165) is 28.1 Å². The maximum absolute atomic E-state index is 12.5. The van der Waals surface area contributed by atoms with Crippen LogP contribution in [0.2, 0.25) is 0 Å². The normalized spacial score (nSPS) is 13.4. The number of aromatic nitrogens is 1. The van der Waals surface area contributed by atoms with E-state index in [1.54, 1.807) is 6.07 Å². The number of Topliss-reactive ketones (excluding diaryl/α,β-unsaturated/α-hetero) is 1. The van der Waals surface area contributed by atoms with Gasteiger partial charge >= 0.3 is 0 Å². The van der Waals surface area contributed by atoms with Gasteiger partial charge in [-0.15, -0.1) is 0 Å². The fraction of sp³-hybridized carbons (Fsp3) is 0.174. The molecule has 2 heterocycles. The highest BCUT2D eigenvalue weighted by molar-refractivity contribution is 6.14. The number of ketones is 1. The lowest BCUT2D eigenvalue weighted by molar-refractivity contribution is -0.384. The van der Waals surface area contributed by atoms with Gasteiger partial charge in [0.25, 0.3) is 5.69 Å². The predicted octanol–water partition coefficient (Wildman–Crippen LogP) is 4.91. The van der Waals surface area contributed by atoms with Crippen molar-refractivity contribution in [3.8, 4) is 11.1 Å². The molecule has 1 aliphatic heterocycles. The second kappa shape index (κ2) is 7.39. The average molecular weight is 385 g/mol. The smallest absolute Gasteiger partial charge is 0.269 e. The standard InChI is InChI=1S/C23H19N3O3/c1-14-8-18(9-15(2)24-14)16-4-3-5-17(10-16)23-13-21(27)12-19-11-20(26(28)29)6-7-22(19)25-23/h3-11H,12-13H2,1-2H3. The maximum atomic E-state index is 12.5. The molecule has 0 atom stereocenters. The number of carbonyl (C=O) groups is 1. The van der Waals surface area contributed by atoms with Crippen LogP contribution in [-0.2, 0) is 11.2 Å². The van der Waals surface area contributed by atoms with Crippen molar-refractivity contribution in [1.29, 1.82) is 0 Å². The fourth-order valence-corrected chi connectivity index (χ4v) is 3.63. The Kier molecular flexibility index (Phi) is 4.76. The van der Waals surface area contributed by atoms with Crippen LogP contribution in [0, 0.1) is 24.0 Å². The Morgan fingerprint density at radius 2 is 1.62 bits per heavy atom. The highest BCUT2D eigenvalue weighted by Crippen LogP contribution is 2.30. The maximum Gasteiger partial charge on any atom is 0.269 e. The SMILES string of the molecule is Cc1cc(-c2cccc(C3=Nc4ccc([N+](=O)[O-])cc4CC(=O)C3)c2)cc(C)n1. The van der Waals surface area contributed by atoms with Crippen LogP contribution in [0.5, 0.6) is 0 Å². The molecule has 0 aliphatic carbocycles. The van der Waals surface area contributed by atoms with Gasteiger partial charge < -0.3 is 0 Å². The number of nitro benzene ring substituents is 1. The molecule has 1 aliphatic rings. The molecule has 0 saturated carbocycles. The Morgan fingerprint density at radius 1 is 0.897 bits per heavy atom. The van der Waals surface area contributed by atoms with Crippen molar-refractivity contribution >= 4 is 22.9 Å². The van der Waals surface area contributed by atoms with E-state index in [9.17, 15) is 14.9 Å². The van der Waals surface area contributed by atoms with E-state index >= 15 is 0 Å². The first kappa shape index (κ1) is 18.7. The third-order valence-corrected chi connectivity index (χ3v) is 4.89. The molecule has 6 nitrogen and oxygen atoms in total. The van der Waals surface area contributed by atoms with Crippen LogP contribution in [0.4, 0.5) is 11.4 Å². The van der Waals surface area contributed by atoms with E-state index < -0.39 is 4.92 Å². The summed E-state index contributed by atoms with van der Waals surface area (Å²) in [6.07, 6.45) is 0.340. The number of nitrogens with zero attached hydrogens (tertiary/aromatic N) is 3. The Balaban J connectivity index is 1.77. The van der Waals surface area contributed by atoms with Gasteiger partial charge in [-0.25, -0.2) is 0 Å². The van der Waals surface area contributed by atoms with Crippen molar-refractivity contribution in [2.45, 2.75) is 26.7 Å². The van der Waals surface area contributed by atoms with Crippen molar-refractivity contribution in [2.24, 2.45) is 4.99 Å². The Labute approximate surface area is 168 Å². The summed E-state index contributed by atoms with van der Waals surface area (Å²) in [6, 6.07) is 16.5. The number of nitro groups is 1. The second-order valence-corrected chi connectivity index (χ2v) is 7.24. The molecule has 1 aromatic heterocycles. The molecule has 0 spiro atoms. The number of pyridine rings is 1. The van der Waals surface area contributed by atoms with Gasteiger partial charge in [0.1, 0.15) is 5.78 Å². The quantitative estimate of drug-likeness (QED) is 0.473. The molecule has 0 amide bonds. The second-order valence-electron chi connectivity index (χ2n) is 7.24. The van der Waals surface area contributed by atoms with E-state index in [4.69, 9.17) is 4.99 Å². The molecule has 0 N–H and O–H groups in total. The van der Waals surface area contributed by atoms with Crippen LogP contribution in [0.3, 0.4) is 0 Å². The van der Waals surface area contributed by atoms with Gasteiger partial charge in [-0.1, -0.05) is 18.2 Å². The summed E-state index contributed by atoms with van der Waals surface area (Å²) >= 11 is 0. The summed E-state index contributed by atoms with van der Waals surface area (Å²) < 4.78 is 0. The van der Waals surface area contributed by atoms with Crippen molar-refractivity contribution in [3.63, 3.8) is 0 Å². The van der Waals surface area contributed by atoms with Gasteiger partial charge in [-0.3, -0.25) is 24.9 Å². The summed E-state index contributed by atoms with van der Waals surface area (Å²) in [5.74, 6) is -0.0102. The van der Waals surface area contributed by atoms with Gasteiger partial charge in [0.15, 0.2) is 0 Å². The highest BCUT2D eigenvalue weighted by atomic mass is 16.6. The largest absolute Gasteiger partial charge is 0.299 e. The van der Waals surface area contributed by atoms with Crippen molar-refractivity contribution in [3.05, 3.63) is 87.2 Å². The Morgan fingerprint density at radius 3 is 2.34 bits per heavy atom. The van der Waals surface area contributed by atoms with Crippen LogP contribution in [-0.4, -0.2) is 21.4 Å². The molecule has 0 bridgehead atoms. The average Bonchev–Trinajstić information content (AvgIpc) is 2.84. The number of aryl methyl sites for hydroxylation is 2. The molecule has 144 valence electrons. The van der Waals surface area contributed by atoms with Crippen molar-refractivity contribution in [2.75, 3.05) is 0 Å². The van der Waals surface area contributed by atoms with Crippen LogP contribution >= 0.6 is 0 Å². The molecule has 0 fully saturated rings. The van der Waals surface area contributed by atoms with E-state index in [1.807, 2.05) is 50.2 Å². The molecule has 6 heteroatoms. The highest BCUT2D eigenvalue weighted by Gasteiger charge is 2.20. The molecule has 4 rings (SSSR count). The van der Waals surface area contributed by atoms with E-state index in [-0.39, 0.29) is 24.3 Å². The van der Waals surface area contributed by atoms with Gasteiger partial charge in [0.05, 0.1) is 16.3 Å². The minimum Gasteiger partial charge on any atom is -0.299 e. The number of aliphatic imine (C=N–C) groups is 1. The first-order valence-corrected chi connectivity index (χ1v) is 9.32. The summed E-state index contributed by atoms with van der Waals surface area (Å²) in [7, 11) is 0. The number of benzene rings is 2. The van der Waals surface area contributed by atoms with Gasteiger partial charge in [-0.05, 0) is 60.4 Å². The fourth-order valence-electron chi connectivity index (χ4n) is 3.63. The zero-order valence-electron chi connectivity index (χ0n) is 16.2. The van der Waals surface area contributed by atoms with Gasteiger partial charge in [0.2, 0.25) is 0 Å². The minimum atomic E-state index is -0.456. The number of hydrogen-bond acceptors (Lipinski definition) is 5. The molecular weight excluding hydrogens is 366 g/mol. The summed E-state index contributed by atoms with van der Waals surface area (Å²) in [4.78, 5) is 32.2. The summed E-state index contributed by atoms with van der Waals surface area (Å²) in [6.45, 7) is 3.93. The first-order valence-electron chi connectivity index (χ1n) is 9.32. The number of non-ortho nitro benzene ring substituents is 1. The number of fused-ring (bicyclic) bond motifs is 1. The third-order valence-electron chi connectivity index (χ3n) is 4.89. The lowest BCUT2D eigenvalue weighted by atomic mass is 9.98. The molecular formula is C23H19N3O3. The molecule has 29 heavy (non-hydrogen) atoms. The molecule has 3 aromatic rings. The molecule has 0 saturated heterocycles. The topological polar surface area (TPSA) is 85.5 Å². The molecule has 0 unspecified atom stereocenters. The van der Waals surface area contributed by atoms with E-state index in [2.05, 4.69) is 4.98 Å². The number of hydrogen-bond donors (Lipinski definition) is 0. The van der Waals surface area contributed by atoms with E-state index in [0.29, 0.717) is 17.0 Å². The first-order chi connectivity index (χ1) is 13.9.